The number of rotatable bonds is 7. The first-order valence-corrected chi connectivity index (χ1v) is 13.7. The summed E-state index contributed by atoms with van der Waals surface area (Å²) in [6.07, 6.45) is -2.49. The van der Waals surface area contributed by atoms with E-state index in [2.05, 4.69) is 15.6 Å². The van der Waals surface area contributed by atoms with Crippen LogP contribution in [0.5, 0.6) is 0 Å². The molecule has 212 valence electrons. The van der Waals surface area contributed by atoms with Gasteiger partial charge in [-0.1, -0.05) is 36.4 Å². The molecule has 2 aliphatic carbocycles. The van der Waals surface area contributed by atoms with Gasteiger partial charge >= 0.3 is 18.1 Å². The standard InChI is InChI=1S/C22H27N3O4S.C7H3F3/c1-5-28-19(26)17-14(3)24-15(4)22(20(27)29-6-2,16-10-8-7-9-11-16)18(17)25-21-23-12-13-30-21;8-7(9,10)6-2-1-4-3-5(4)6/h7-13,15,18,24H,5-6H2,1-4H3,(H,23,25);1-3H. The molecule has 3 atom stereocenters. The van der Waals surface area contributed by atoms with Gasteiger partial charge in [0.1, 0.15) is 5.41 Å². The van der Waals surface area contributed by atoms with Gasteiger partial charge in [-0.15, -0.1) is 11.3 Å². The van der Waals surface area contributed by atoms with Crippen LogP contribution in [0.4, 0.5) is 18.3 Å². The van der Waals surface area contributed by atoms with Crippen LogP contribution < -0.4 is 10.6 Å². The van der Waals surface area contributed by atoms with Gasteiger partial charge in [0, 0.05) is 23.3 Å². The van der Waals surface area contributed by atoms with Crippen molar-refractivity contribution in [1.29, 1.82) is 0 Å². The Kier molecular flexibility index (Phi) is 8.53. The number of thiazole rings is 1. The van der Waals surface area contributed by atoms with Crippen molar-refractivity contribution in [3.63, 3.8) is 0 Å². The highest BCUT2D eigenvalue weighted by atomic mass is 32.1. The summed E-state index contributed by atoms with van der Waals surface area (Å²) in [5.74, 6) is -0.896. The van der Waals surface area contributed by atoms with Gasteiger partial charge in [-0.2, -0.15) is 13.2 Å². The van der Waals surface area contributed by atoms with Crippen molar-refractivity contribution in [2.24, 2.45) is 0 Å². The second kappa shape index (κ2) is 11.7. The third-order valence-electron chi connectivity index (χ3n) is 6.88. The van der Waals surface area contributed by atoms with E-state index in [1.807, 2.05) is 49.6 Å². The van der Waals surface area contributed by atoms with E-state index >= 15 is 0 Å². The molecule has 1 aromatic heterocycles. The Labute approximate surface area is 234 Å². The second-order valence-electron chi connectivity index (χ2n) is 9.25. The number of nitrogens with zero attached hydrogens (tertiary/aromatic N) is 1. The molecule has 1 aliphatic heterocycles. The zero-order chi connectivity index (χ0) is 29.1. The number of hydrogen-bond donors (Lipinski definition) is 2. The van der Waals surface area contributed by atoms with E-state index in [0.29, 0.717) is 22.0 Å². The van der Waals surface area contributed by atoms with Crippen LogP contribution in [0, 0.1) is 0 Å². The van der Waals surface area contributed by atoms with Crippen molar-refractivity contribution in [3.05, 3.63) is 82.5 Å². The van der Waals surface area contributed by atoms with Crippen molar-refractivity contribution < 1.29 is 32.2 Å². The zero-order valence-electron chi connectivity index (χ0n) is 22.5. The molecule has 11 heteroatoms. The van der Waals surface area contributed by atoms with Crippen molar-refractivity contribution in [3.8, 4) is 11.1 Å². The van der Waals surface area contributed by atoms with Crippen LogP contribution in [0.1, 0.15) is 38.8 Å². The molecule has 2 heterocycles. The number of benzene rings is 2. The summed E-state index contributed by atoms with van der Waals surface area (Å²) in [6.45, 7) is 7.72. The predicted octanol–water partition coefficient (Wildman–Crippen LogP) is 5.94. The number of hydrogen-bond acceptors (Lipinski definition) is 8. The number of carbonyl (C=O) groups excluding carboxylic acids is 2. The van der Waals surface area contributed by atoms with E-state index in [9.17, 15) is 22.8 Å². The maximum absolute atomic E-state index is 13.6. The van der Waals surface area contributed by atoms with Crippen LogP contribution in [0.2, 0.25) is 0 Å². The fourth-order valence-corrected chi connectivity index (χ4v) is 5.65. The first kappa shape index (κ1) is 29.1. The number of halogens is 3. The van der Waals surface area contributed by atoms with E-state index in [4.69, 9.17) is 9.47 Å². The van der Waals surface area contributed by atoms with Crippen LogP contribution in [0.3, 0.4) is 0 Å². The molecule has 0 amide bonds. The minimum Gasteiger partial charge on any atom is -0.465 e. The number of ether oxygens (including phenoxy) is 2. The lowest BCUT2D eigenvalue weighted by molar-refractivity contribution is -0.152. The van der Waals surface area contributed by atoms with Gasteiger partial charge in [-0.05, 0) is 56.5 Å². The maximum atomic E-state index is 13.6. The molecule has 3 unspecified atom stereocenters. The highest BCUT2D eigenvalue weighted by Crippen LogP contribution is 2.46. The minimum absolute atomic E-state index is 0.224. The average Bonchev–Trinajstić information content (AvgIpc) is 3.26. The third-order valence-corrected chi connectivity index (χ3v) is 7.58. The van der Waals surface area contributed by atoms with E-state index in [1.165, 1.54) is 23.5 Å². The lowest BCUT2D eigenvalue weighted by Gasteiger charge is -2.48. The lowest BCUT2D eigenvalue weighted by atomic mass is 9.64. The Hall–Kier alpha value is -3.86. The smallest absolute Gasteiger partial charge is 0.417 e. The van der Waals surface area contributed by atoms with Crippen molar-refractivity contribution in [2.45, 2.75) is 51.4 Å². The molecule has 0 spiro atoms. The molecule has 0 fully saturated rings. The number of allylic oxidation sites excluding steroid dienone is 1. The lowest BCUT2D eigenvalue weighted by Crippen LogP contribution is -2.66. The summed E-state index contributed by atoms with van der Waals surface area (Å²) in [6, 6.07) is 12.4. The third kappa shape index (κ3) is 5.56. The molecule has 5 rings (SSSR count). The molecule has 1 aromatic carbocycles. The molecule has 40 heavy (non-hydrogen) atoms. The minimum atomic E-state index is -4.17. The van der Waals surface area contributed by atoms with Gasteiger partial charge in [-0.25, -0.2) is 9.78 Å². The van der Waals surface area contributed by atoms with Crippen molar-refractivity contribution in [2.75, 3.05) is 18.5 Å². The summed E-state index contributed by atoms with van der Waals surface area (Å²) in [5.41, 5.74) is 1.15. The fraction of sp³-hybridized carbons (Fsp3) is 0.345. The molecule has 0 saturated heterocycles. The number of anilines is 1. The highest BCUT2D eigenvalue weighted by molar-refractivity contribution is 7.13. The van der Waals surface area contributed by atoms with E-state index in [-0.39, 0.29) is 19.3 Å². The maximum Gasteiger partial charge on any atom is 0.417 e. The van der Waals surface area contributed by atoms with Gasteiger partial charge in [0.05, 0.1) is 30.4 Å². The SMILES string of the molecule is CCOC(=O)C1=C(C)NC(C)C(C(=O)OCC)(c2ccccc2)C1Nc1nccs1.FC(F)(F)c1ccc2cc1-2. The Bertz CT molecular complexity index is 1390. The molecule has 0 bridgehead atoms. The molecule has 0 radical (unpaired) electrons. The number of esters is 2. The number of fused-ring (bicyclic) bond motifs is 1. The topological polar surface area (TPSA) is 89.5 Å². The first-order chi connectivity index (χ1) is 19.0. The number of carbonyl (C=O) groups is 2. The monoisotopic (exact) mass is 573 g/mol. The van der Waals surface area contributed by atoms with Crippen LogP contribution in [-0.2, 0) is 30.7 Å². The van der Waals surface area contributed by atoms with E-state index < -0.39 is 35.1 Å². The summed E-state index contributed by atoms with van der Waals surface area (Å²) >= 11 is 1.40. The summed E-state index contributed by atoms with van der Waals surface area (Å²) in [5, 5.41) is 9.12. The number of aromatic nitrogens is 1. The van der Waals surface area contributed by atoms with Gasteiger partial charge in [0.15, 0.2) is 5.13 Å². The summed E-state index contributed by atoms with van der Waals surface area (Å²) < 4.78 is 46.6. The summed E-state index contributed by atoms with van der Waals surface area (Å²) in [7, 11) is 0. The van der Waals surface area contributed by atoms with Crippen molar-refractivity contribution >= 4 is 28.4 Å². The number of nitrogens with one attached hydrogen (secondary N) is 2. The fourth-order valence-electron chi connectivity index (χ4n) is 5.09. The molecule has 2 N–H and O–H groups in total. The Morgan fingerprint density at radius 3 is 2.30 bits per heavy atom. The van der Waals surface area contributed by atoms with E-state index in [1.54, 1.807) is 20.0 Å². The van der Waals surface area contributed by atoms with Crippen LogP contribution in [0.15, 0.2) is 71.4 Å². The zero-order valence-corrected chi connectivity index (χ0v) is 23.3. The first-order valence-electron chi connectivity index (χ1n) is 12.8. The van der Waals surface area contributed by atoms with Crippen LogP contribution in [-0.4, -0.2) is 42.2 Å². The Morgan fingerprint density at radius 1 is 1.10 bits per heavy atom. The largest absolute Gasteiger partial charge is 0.465 e. The molecule has 3 aliphatic rings. The van der Waals surface area contributed by atoms with Gasteiger partial charge in [0.2, 0.25) is 0 Å². The molecule has 2 aromatic rings. The van der Waals surface area contributed by atoms with Gasteiger partial charge in [0.25, 0.3) is 0 Å². The highest BCUT2D eigenvalue weighted by Gasteiger charge is 2.58. The van der Waals surface area contributed by atoms with Crippen LogP contribution in [0.25, 0.3) is 11.1 Å². The quantitative estimate of drug-likeness (QED) is 0.265. The number of alkyl halides is 3. The predicted molar refractivity (Wildman–Crippen MR) is 147 cm³/mol. The van der Waals surface area contributed by atoms with Gasteiger partial charge < -0.3 is 20.1 Å². The molecular formula is C29H30F3N3O4S. The molecular weight excluding hydrogens is 543 g/mol. The second-order valence-corrected chi connectivity index (χ2v) is 10.1. The normalized spacial score (nSPS) is 21.0. The van der Waals surface area contributed by atoms with E-state index in [0.717, 1.165) is 17.2 Å². The Morgan fingerprint density at radius 2 is 1.80 bits per heavy atom. The molecule has 7 nitrogen and oxygen atoms in total. The Balaban J connectivity index is 0.000000307. The summed E-state index contributed by atoms with van der Waals surface area (Å²) in [4.78, 5) is 31.0. The average molecular weight is 574 g/mol. The molecule has 0 saturated carbocycles. The van der Waals surface area contributed by atoms with Crippen molar-refractivity contribution in [1.82, 2.24) is 10.3 Å². The van der Waals surface area contributed by atoms with Crippen LogP contribution >= 0.6 is 11.3 Å². The van der Waals surface area contributed by atoms with Gasteiger partial charge in [-0.3, -0.25) is 4.79 Å².